The molecule has 66 valence electrons. The molecule has 0 heterocycles. The van der Waals surface area contributed by atoms with E-state index in [2.05, 4.69) is 0 Å². The first-order chi connectivity index (χ1) is 3.46. The Labute approximate surface area is 80.0 Å². The molecule has 0 amide bonds. The molecule has 0 saturated carbocycles. The molecule has 0 aliphatic carbocycles. The third-order valence-corrected chi connectivity index (χ3v) is 0. The van der Waals surface area contributed by atoms with Gasteiger partial charge in [0.15, 0.2) is 0 Å². The normalized spacial score (nSPS) is 4.55. The fraction of sp³-hybridized carbons (Fsp3) is 0.500. The van der Waals surface area contributed by atoms with Gasteiger partial charge in [0.25, 0.3) is 11.9 Å². The van der Waals surface area contributed by atoms with Gasteiger partial charge in [0.05, 0.1) is 0 Å². The van der Waals surface area contributed by atoms with Crippen molar-refractivity contribution < 1.29 is 30.8 Å². The summed E-state index contributed by atoms with van der Waals surface area (Å²) in [5, 5.41) is 14.8. The molecule has 0 aromatic rings. The van der Waals surface area contributed by atoms with E-state index >= 15 is 0 Å². The molecule has 0 rings (SSSR count). The number of hydrogen-bond donors (Lipinski definition) is 2. The highest BCUT2D eigenvalue weighted by molar-refractivity contribution is 5.75. The fourth-order valence-electron chi connectivity index (χ4n) is 0. The number of rotatable bonds is 0. The zero-order chi connectivity index (χ0) is 7.15. The van der Waals surface area contributed by atoms with Crippen LogP contribution in [0, 0.1) is 0 Å². The van der Waals surface area contributed by atoms with Crippen LogP contribution in [0.4, 0.5) is 0 Å². The minimum absolute atomic E-state index is 0. The number of carboxylic acid groups (broad SMARTS) is 2. The molecular formula is C4H12MgO6. The summed E-state index contributed by atoms with van der Waals surface area (Å²) in [6.45, 7) is 2.17. The minimum Gasteiger partial charge on any atom is -0.481 e. The van der Waals surface area contributed by atoms with E-state index < -0.39 is 11.9 Å². The van der Waals surface area contributed by atoms with Crippen LogP contribution in [0.1, 0.15) is 13.8 Å². The van der Waals surface area contributed by atoms with Crippen LogP contribution in [0.25, 0.3) is 0 Å². The van der Waals surface area contributed by atoms with Gasteiger partial charge in [0, 0.05) is 36.9 Å². The minimum atomic E-state index is -0.833. The Bertz CT molecular complexity index is 72.6. The van der Waals surface area contributed by atoms with Gasteiger partial charge in [-0.05, 0) is 0 Å². The Hall–Kier alpha value is -0.374. The van der Waals surface area contributed by atoms with Crippen LogP contribution in [-0.4, -0.2) is 56.2 Å². The van der Waals surface area contributed by atoms with Crippen molar-refractivity contribution in [3.8, 4) is 0 Å². The Morgan fingerprint density at radius 1 is 0.909 bits per heavy atom. The van der Waals surface area contributed by atoms with Crippen LogP contribution >= 0.6 is 0 Å². The number of hydrogen-bond acceptors (Lipinski definition) is 2. The lowest BCUT2D eigenvalue weighted by molar-refractivity contribution is -0.135. The third-order valence-electron chi connectivity index (χ3n) is 0. The zero-order valence-electron chi connectivity index (χ0n) is 6.42. The molecule has 2 radical (unpaired) electrons. The van der Waals surface area contributed by atoms with Crippen molar-refractivity contribution in [1.82, 2.24) is 0 Å². The Balaban J connectivity index is -0.0000000171. The van der Waals surface area contributed by atoms with Crippen LogP contribution in [0.3, 0.4) is 0 Å². The quantitative estimate of drug-likeness (QED) is 0.423. The van der Waals surface area contributed by atoms with Gasteiger partial charge in [0.2, 0.25) is 0 Å². The van der Waals surface area contributed by atoms with E-state index in [1.807, 2.05) is 0 Å². The second-order valence-electron chi connectivity index (χ2n) is 1.04. The van der Waals surface area contributed by atoms with Gasteiger partial charge < -0.3 is 21.2 Å². The molecule has 0 aliphatic rings. The molecule has 0 spiro atoms. The summed E-state index contributed by atoms with van der Waals surface area (Å²) in [6.07, 6.45) is 0. The summed E-state index contributed by atoms with van der Waals surface area (Å²) in [7, 11) is 0. The number of aliphatic carboxylic acids is 2. The summed E-state index contributed by atoms with van der Waals surface area (Å²) >= 11 is 0. The molecular weight excluding hydrogens is 168 g/mol. The van der Waals surface area contributed by atoms with Crippen molar-refractivity contribution in [2.45, 2.75) is 13.8 Å². The largest absolute Gasteiger partial charge is 0.481 e. The summed E-state index contributed by atoms with van der Waals surface area (Å²) in [6, 6.07) is 0. The molecule has 0 unspecified atom stereocenters. The van der Waals surface area contributed by atoms with Crippen molar-refractivity contribution in [3.63, 3.8) is 0 Å². The maximum absolute atomic E-state index is 9.00. The van der Waals surface area contributed by atoms with E-state index in [0.717, 1.165) is 13.8 Å². The van der Waals surface area contributed by atoms with E-state index in [0.29, 0.717) is 0 Å². The van der Waals surface area contributed by atoms with Crippen molar-refractivity contribution >= 4 is 35.0 Å². The van der Waals surface area contributed by atoms with E-state index in [-0.39, 0.29) is 34.0 Å². The van der Waals surface area contributed by atoms with Crippen molar-refractivity contribution in [2.75, 3.05) is 0 Å². The van der Waals surface area contributed by atoms with Crippen molar-refractivity contribution in [2.24, 2.45) is 0 Å². The molecule has 0 bridgehead atoms. The van der Waals surface area contributed by atoms with Crippen molar-refractivity contribution in [3.05, 3.63) is 0 Å². The van der Waals surface area contributed by atoms with Gasteiger partial charge in [-0.15, -0.1) is 0 Å². The Kier molecular flexibility index (Phi) is 64.0. The average molecular weight is 180 g/mol. The second kappa shape index (κ2) is 22.6. The van der Waals surface area contributed by atoms with E-state index in [1.165, 1.54) is 0 Å². The first-order valence-electron chi connectivity index (χ1n) is 1.86. The molecule has 0 aromatic heterocycles. The van der Waals surface area contributed by atoms with Crippen LogP contribution in [-0.2, 0) is 9.59 Å². The van der Waals surface area contributed by atoms with Gasteiger partial charge in [-0.3, -0.25) is 9.59 Å². The van der Waals surface area contributed by atoms with Gasteiger partial charge in [0.1, 0.15) is 0 Å². The van der Waals surface area contributed by atoms with Crippen LogP contribution in [0.15, 0.2) is 0 Å². The summed E-state index contributed by atoms with van der Waals surface area (Å²) in [4.78, 5) is 18.0. The third kappa shape index (κ3) is 4010. The summed E-state index contributed by atoms with van der Waals surface area (Å²) < 4.78 is 0. The van der Waals surface area contributed by atoms with Crippen molar-refractivity contribution in [1.29, 1.82) is 0 Å². The number of carboxylic acids is 2. The summed E-state index contributed by atoms with van der Waals surface area (Å²) in [5.41, 5.74) is 0. The highest BCUT2D eigenvalue weighted by Crippen LogP contribution is 1.42. The molecule has 0 fully saturated rings. The first kappa shape index (κ1) is 31.1. The van der Waals surface area contributed by atoms with E-state index in [4.69, 9.17) is 19.8 Å². The molecule has 11 heavy (non-hydrogen) atoms. The van der Waals surface area contributed by atoms with Gasteiger partial charge >= 0.3 is 0 Å². The van der Waals surface area contributed by atoms with Crippen LogP contribution < -0.4 is 0 Å². The molecule has 6 N–H and O–H groups in total. The molecule has 0 atom stereocenters. The molecule has 0 aliphatic heterocycles. The lowest BCUT2D eigenvalue weighted by Crippen LogP contribution is -1.78. The maximum Gasteiger partial charge on any atom is 0.300 e. The fourth-order valence-corrected chi connectivity index (χ4v) is 0. The lowest BCUT2D eigenvalue weighted by atomic mass is 10.9. The summed E-state index contributed by atoms with van der Waals surface area (Å²) in [5.74, 6) is -1.67. The number of carbonyl (C=O) groups is 2. The highest BCUT2D eigenvalue weighted by Gasteiger charge is 1.65. The van der Waals surface area contributed by atoms with Gasteiger partial charge in [-0.2, -0.15) is 0 Å². The average Bonchev–Trinajstić information content (AvgIpc) is 1.25. The van der Waals surface area contributed by atoms with Crippen LogP contribution in [0.2, 0.25) is 0 Å². The Morgan fingerprint density at radius 3 is 0.909 bits per heavy atom. The van der Waals surface area contributed by atoms with E-state index in [9.17, 15) is 0 Å². The smallest absolute Gasteiger partial charge is 0.300 e. The standard InChI is InChI=1S/2C2H4O2.Mg.2H2O/c2*1-2(3)4;;;/h2*1H3,(H,3,4);;2*1H2. The predicted molar refractivity (Wildman–Crippen MR) is 39.6 cm³/mol. The van der Waals surface area contributed by atoms with Crippen LogP contribution in [0.5, 0.6) is 0 Å². The highest BCUT2D eigenvalue weighted by atomic mass is 24.3. The lowest BCUT2D eigenvalue weighted by Gasteiger charge is -1.59. The first-order valence-corrected chi connectivity index (χ1v) is 1.86. The topological polar surface area (TPSA) is 138 Å². The van der Waals surface area contributed by atoms with E-state index in [1.54, 1.807) is 0 Å². The van der Waals surface area contributed by atoms with Gasteiger partial charge in [-0.1, -0.05) is 0 Å². The molecule has 7 heteroatoms. The Morgan fingerprint density at radius 2 is 0.909 bits per heavy atom. The SMILES string of the molecule is CC(=O)O.CC(=O)O.O.O.[Mg]. The maximum atomic E-state index is 9.00. The second-order valence-corrected chi connectivity index (χ2v) is 1.04. The molecule has 0 aromatic carbocycles. The predicted octanol–water partition coefficient (Wildman–Crippen LogP) is -1.85. The monoisotopic (exact) mass is 180 g/mol. The molecule has 6 nitrogen and oxygen atoms in total. The zero-order valence-corrected chi connectivity index (χ0v) is 7.83. The molecule has 0 saturated heterocycles. The van der Waals surface area contributed by atoms with Gasteiger partial charge in [-0.25, -0.2) is 0 Å².